The molecule has 11 nitrogen and oxygen atoms in total. The number of anilines is 1. The smallest absolute Gasteiger partial charge is 0.333 e. The highest BCUT2D eigenvalue weighted by atomic mass is 16.5. The lowest BCUT2D eigenvalue weighted by Crippen LogP contribution is -2.44. The van der Waals surface area contributed by atoms with Crippen LogP contribution >= 0.6 is 0 Å². The van der Waals surface area contributed by atoms with Gasteiger partial charge in [0, 0.05) is 26.2 Å². The second-order valence-corrected chi connectivity index (χ2v) is 8.71. The van der Waals surface area contributed by atoms with E-state index in [-0.39, 0.29) is 36.1 Å². The predicted octanol–water partition coefficient (Wildman–Crippen LogP) is 0.0774. The van der Waals surface area contributed by atoms with Gasteiger partial charge in [-0.2, -0.15) is 4.98 Å². The van der Waals surface area contributed by atoms with E-state index >= 15 is 0 Å². The number of aryl methyl sites for hydroxylation is 1. The van der Waals surface area contributed by atoms with Crippen molar-refractivity contribution < 1.29 is 4.73 Å². The first-order valence-electron chi connectivity index (χ1n) is 11.5. The van der Waals surface area contributed by atoms with Crippen LogP contribution in [-0.4, -0.2) is 42.8 Å². The number of imidazole rings is 1. The van der Waals surface area contributed by atoms with Crippen molar-refractivity contribution in [3.05, 3.63) is 62.3 Å². The summed E-state index contributed by atoms with van der Waals surface area (Å²) in [6.07, 6.45) is 3.39. The molecule has 0 unspecified atom stereocenters. The second kappa shape index (κ2) is 8.88. The minimum absolute atomic E-state index is 0.00114. The third-order valence-electron chi connectivity index (χ3n) is 6.41. The maximum absolute atomic E-state index is 13.7. The molecule has 180 valence electrons. The van der Waals surface area contributed by atoms with Crippen LogP contribution in [0.5, 0.6) is 0 Å². The monoisotopic (exact) mass is 474 g/mol. The van der Waals surface area contributed by atoms with Crippen molar-refractivity contribution in [3.63, 3.8) is 0 Å². The predicted molar refractivity (Wildman–Crippen MR) is 132 cm³/mol. The third kappa shape index (κ3) is 3.81. The second-order valence-electron chi connectivity index (χ2n) is 8.71. The number of fused-ring (bicyclic) bond motifs is 2. The average Bonchev–Trinajstić information content (AvgIpc) is 3.25. The summed E-state index contributed by atoms with van der Waals surface area (Å²) in [6.45, 7) is 3.03. The first-order chi connectivity index (χ1) is 16.9. The molecule has 11 heteroatoms. The van der Waals surface area contributed by atoms with Crippen molar-refractivity contribution in [2.24, 2.45) is 12.8 Å². The summed E-state index contributed by atoms with van der Waals surface area (Å²) in [4.78, 5) is 37.9. The van der Waals surface area contributed by atoms with E-state index in [4.69, 9.17) is 5.73 Å². The van der Waals surface area contributed by atoms with Gasteiger partial charge in [0.2, 0.25) is 5.95 Å². The van der Waals surface area contributed by atoms with E-state index in [0.29, 0.717) is 28.1 Å². The van der Waals surface area contributed by atoms with Gasteiger partial charge in [0.15, 0.2) is 17.4 Å². The van der Waals surface area contributed by atoms with E-state index in [1.807, 2.05) is 11.0 Å². The Hall–Kier alpha value is -4.17. The summed E-state index contributed by atoms with van der Waals surface area (Å²) < 4.78 is 4.75. The van der Waals surface area contributed by atoms with Crippen molar-refractivity contribution in [2.75, 3.05) is 18.0 Å². The Morgan fingerprint density at radius 3 is 2.83 bits per heavy atom. The van der Waals surface area contributed by atoms with E-state index in [9.17, 15) is 14.8 Å². The fourth-order valence-corrected chi connectivity index (χ4v) is 4.60. The molecule has 1 saturated heterocycles. The van der Waals surface area contributed by atoms with E-state index in [1.165, 1.54) is 4.57 Å². The Labute approximate surface area is 200 Å². The van der Waals surface area contributed by atoms with Gasteiger partial charge < -0.3 is 15.8 Å². The molecule has 0 spiro atoms. The van der Waals surface area contributed by atoms with Gasteiger partial charge in [0.05, 0.1) is 11.9 Å². The number of benzene rings is 1. The lowest BCUT2D eigenvalue weighted by molar-refractivity contribution is -0.590. The minimum atomic E-state index is -0.578. The molecule has 0 saturated carbocycles. The zero-order valence-corrected chi connectivity index (χ0v) is 19.6. The number of hydrogen-bond acceptors (Lipinski definition) is 7. The molecule has 0 aliphatic carbocycles. The zero-order valence-electron chi connectivity index (χ0n) is 19.6. The lowest BCUT2D eigenvalue weighted by atomic mass is 10.1. The average molecular weight is 475 g/mol. The normalized spacial score (nSPS) is 16.0. The van der Waals surface area contributed by atoms with Gasteiger partial charge in [-0.3, -0.25) is 13.9 Å². The molecule has 1 aromatic carbocycles. The van der Waals surface area contributed by atoms with Gasteiger partial charge in [-0.25, -0.2) is 14.1 Å². The van der Waals surface area contributed by atoms with Gasteiger partial charge >= 0.3 is 11.5 Å². The Kier molecular flexibility index (Phi) is 5.74. The zero-order chi connectivity index (χ0) is 24.7. The lowest BCUT2D eigenvalue weighted by Gasteiger charge is -2.31. The summed E-state index contributed by atoms with van der Waals surface area (Å²) >= 11 is 0. The highest BCUT2D eigenvalue weighted by molar-refractivity contribution is 5.75. The Morgan fingerprint density at radius 1 is 1.26 bits per heavy atom. The van der Waals surface area contributed by atoms with Crippen molar-refractivity contribution in [3.8, 4) is 11.8 Å². The Balaban J connectivity index is 1.70. The van der Waals surface area contributed by atoms with Crippen LogP contribution in [0.25, 0.3) is 22.1 Å². The summed E-state index contributed by atoms with van der Waals surface area (Å²) in [5, 5.41) is 13.6. The molecule has 1 atom stereocenters. The molecule has 4 heterocycles. The first kappa shape index (κ1) is 22.6. The number of piperidine rings is 1. The maximum atomic E-state index is 13.7. The van der Waals surface area contributed by atoms with Crippen molar-refractivity contribution >= 4 is 28.0 Å². The standard InChI is InChI=1S/C24H26N8O3/c1-3-4-12-30-20-21(27-23(30)29-11-7-9-17(25)14-29)28(2)24(34)31(22(20)33)15-19-26-13-16-8-5-6-10-18(16)32(19)35/h5-6,8,10,13,17H,7,9,11-12,14-15,25H2,1-2H3/t17-/m1/s1. The van der Waals surface area contributed by atoms with Crippen LogP contribution in [0.4, 0.5) is 5.95 Å². The minimum Gasteiger partial charge on any atom is -0.710 e. The van der Waals surface area contributed by atoms with Crippen molar-refractivity contribution in [2.45, 2.75) is 38.9 Å². The quantitative estimate of drug-likeness (QED) is 0.252. The van der Waals surface area contributed by atoms with Gasteiger partial charge in [-0.1, -0.05) is 23.0 Å². The molecule has 0 amide bonds. The van der Waals surface area contributed by atoms with Crippen LogP contribution in [0.2, 0.25) is 0 Å². The summed E-state index contributed by atoms with van der Waals surface area (Å²) in [5.41, 5.74) is 6.00. The maximum Gasteiger partial charge on any atom is 0.333 e. The summed E-state index contributed by atoms with van der Waals surface area (Å²) in [7, 11) is 1.56. The molecule has 5 rings (SSSR count). The fraction of sp³-hybridized carbons (Fsp3) is 0.375. The number of rotatable bonds is 4. The number of aromatic nitrogens is 6. The molecule has 35 heavy (non-hydrogen) atoms. The Bertz CT molecular complexity index is 1620. The van der Waals surface area contributed by atoms with Crippen LogP contribution < -0.4 is 26.6 Å². The van der Waals surface area contributed by atoms with Gasteiger partial charge in [-0.15, -0.1) is 5.92 Å². The number of nitrogens with zero attached hydrogens (tertiary/aromatic N) is 7. The number of nitrogens with two attached hydrogens (primary N) is 1. The van der Waals surface area contributed by atoms with E-state index in [1.54, 1.807) is 42.9 Å². The van der Waals surface area contributed by atoms with E-state index in [0.717, 1.165) is 24.0 Å². The molecular weight excluding hydrogens is 448 g/mol. The number of para-hydroxylation sites is 1. The van der Waals surface area contributed by atoms with Crippen molar-refractivity contribution in [1.29, 1.82) is 0 Å². The molecule has 3 aromatic heterocycles. The first-order valence-corrected chi connectivity index (χ1v) is 11.5. The number of hydrogen-bond donors (Lipinski definition) is 1. The van der Waals surface area contributed by atoms with E-state index in [2.05, 4.69) is 21.8 Å². The van der Waals surface area contributed by atoms with Gasteiger partial charge in [0.1, 0.15) is 12.1 Å². The molecule has 0 radical (unpaired) electrons. The molecule has 1 aliphatic heterocycles. The van der Waals surface area contributed by atoms with Gasteiger partial charge in [-0.05, 0) is 31.9 Å². The molecule has 4 aromatic rings. The molecule has 0 bridgehead atoms. The van der Waals surface area contributed by atoms with Crippen LogP contribution in [0, 0.1) is 17.0 Å². The third-order valence-corrected chi connectivity index (χ3v) is 6.41. The van der Waals surface area contributed by atoms with Gasteiger partial charge in [0.25, 0.3) is 5.56 Å². The molecular formula is C24H26N8O3. The molecule has 2 N–H and O–H groups in total. The SMILES string of the molecule is CC#CCn1c(N2CCC[C@@H](N)C2)nc2c1c(=O)n(Cc1ncc3ccccc3[n+]1[O-])c(=O)n2C. The highest BCUT2D eigenvalue weighted by Gasteiger charge is 2.27. The Morgan fingerprint density at radius 2 is 2.06 bits per heavy atom. The summed E-state index contributed by atoms with van der Waals surface area (Å²) in [6, 6.07) is 7.01. The van der Waals surface area contributed by atoms with Crippen LogP contribution in [0.15, 0.2) is 40.1 Å². The molecule has 1 aliphatic rings. The van der Waals surface area contributed by atoms with Crippen LogP contribution in [0.3, 0.4) is 0 Å². The topological polar surface area (TPSA) is 131 Å². The van der Waals surface area contributed by atoms with Crippen molar-refractivity contribution in [1.82, 2.24) is 23.7 Å². The van der Waals surface area contributed by atoms with Crippen LogP contribution in [0.1, 0.15) is 25.6 Å². The summed E-state index contributed by atoms with van der Waals surface area (Å²) in [5.74, 6) is 6.47. The molecule has 1 fully saturated rings. The largest absolute Gasteiger partial charge is 0.710 e. The van der Waals surface area contributed by atoms with E-state index < -0.39 is 11.2 Å². The highest BCUT2D eigenvalue weighted by Crippen LogP contribution is 2.22. The van der Waals surface area contributed by atoms with Crippen LogP contribution in [-0.2, 0) is 20.1 Å². The fourth-order valence-electron chi connectivity index (χ4n) is 4.60.